The van der Waals surface area contributed by atoms with E-state index in [4.69, 9.17) is 9.72 Å². The standard InChI is InChI=1S/C46H53F2N9O5/c1-26-16-30-21-37(51-26)33-23-50-55(5)44(33)62-15-6-8-27(24-57-38-22-29(41(59)49-4)9-11-36(38)52-45(57)54-42(30)60)17-31(56-14-7-13-46(2,3)25-56)18-28-19-34(47)40(35(48)20-28)32-10-12-39(58)53-43(32)61/h9,11,16,19-23,27,31-32H,6-8,10,12-15,17-18,24-25H2,1-5H3,(H,49,59)(H,52,54,60)(H,53,58,61)/t27-,31?,32+/m0/s1. The van der Waals surface area contributed by atoms with Gasteiger partial charge in [0.15, 0.2) is 0 Å². The molecule has 2 fully saturated rings. The van der Waals surface area contributed by atoms with Crippen LogP contribution in [0.15, 0.2) is 53.7 Å². The van der Waals surface area contributed by atoms with Crippen LogP contribution >= 0.6 is 0 Å². The Bertz CT molecular complexity index is 2440. The van der Waals surface area contributed by atoms with Crippen molar-refractivity contribution in [3.8, 4) is 17.1 Å². The molecule has 0 radical (unpaired) electrons. The first-order chi connectivity index (χ1) is 29.7. The van der Waals surface area contributed by atoms with E-state index in [9.17, 15) is 19.2 Å². The van der Waals surface area contributed by atoms with Crippen LogP contribution in [-0.2, 0) is 23.1 Å². The average molecular weight is 850 g/mol. The molecule has 0 saturated carbocycles. The number of anilines is 2. The van der Waals surface area contributed by atoms with E-state index in [0.29, 0.717) is 95.7 Å². The molecule has 326 valence electrons. The van der Waals surface area contributed by atoms with Gasteiger partial charge in [0, 0.05) is 62.0 Å². The minimum absolute atomic E-state index is 0.00805. The lowest BCUT2D eigenvalue weighted by molar-refractivity contribution is -0.134. The number of aliphatic imine (C=N–C) groups is 1. The number of aromatic nitrogens is 3. The summed E-state index contributed by atoms with van der Waals surface area (Å²) in [6.45, 7) is 8.64. The third-order valence-corrected chi connectivity index (χ3v) is 12.5. The molecule has 3 atom stereocenters. The molecule has 2 aromatic heterocycles. The van der Waals surface area contributed by atoms with Crippen molar-refractivity contribution in [3.05, 3.63) is 88.2 Å². The molecule has 14 nitrogen and oxygen atoms in total. The molecule has 16 heteroatoms. The molecule has 2 bridgehead atoms. The second-order valence-corrected chi connectivity index (χ2v) is 17.8. The SMILES string of the molecule is CNC(=O)c1ccc2c(c1)N1C[C@H](CC(Cc3cc(F)c([C@H]4CCC(=O)NC4=O)c(F)c3)N3CCCC(C)(C)C3)CCCOc3c(cnn3C)-c3cc(cc(C)n3)C(=O)/N=C/1N2. The van der Waals surface area contributed by atoms with Crippen LogP contribution in [0.5, 0.6) is 5.88 Å². The predicted octanol–water partition coefficient (Wildman–Crippen LogP) is 6.29. The zero-order chi connectivity index (χ0) is 43.9. The van der Waals surface area contributed by atoms with E-state index < -0.39 is 35.3 Å². The largest absolute Gasteiger partial charge is 0.477 e. The smallest absolute Gasteiger partial charge is 0.280 e. The van der Waals surface area contributed by atoms with Gasteiger partial charge in [-0.1, -0.05) is 13.8 Å². The Hall–Kier alpha value is -6.03. The summed E-state index contributed by atoms with van der Waals surface area (Å²) in [5.41, 5.74) is 4.13. The van der Waals surface area contributed by atoms with Gasteiger partial charge in [-0.25, -0.2) is 13.5 Å². The molecule has 0 spiro atoms. The maximum absolute atomic E-state index is 16.0. The quantitative estimate of drug-likeness (QED) is 0.180. The number of nitrogens with zero attached hydrogens (tertiary/aromatic N) is 6. The van der Waals surface area contributed by atoms with Crippen molar-refractivity contribution in [2.75, 3.05) is 43.5 Å². The zero-order valence-corrected chi connectivity index (χ0v) is 35.8. The third kappa shape index (κ3) is 8.96. The van der Waals surface area contributed by atoms with Crippen LogP contribution < -0.4 is 25.6 Å². The van der Waals surface area contributed by atoms with Crippen LogP contribution in [0.2, 0.25) is 0 Å². The molecule has 62 heavy (non-hydrogen) atoms. The number of nitrogens with one attached hydrogen (secondary N) is 3. The Morgan fingerprint density at radius 3 is 2.58 bits per heavy atom. The topological polar surface area (TPSA) is 163 Å². The molecule has 1 unspecified atom stereocenters. The van der Waals surface area contributed by atoms with E-state index in [1.54, 1.807) is 55.3 Å². The molecule has 8 rings (SSSR count). The lowest BCUT2D eigenvalue weighted by atomic mass is 9.81. The second-order valence-electron chi connectivity index (χ2n) is 17.8. The van der Waals surface area contributed by atoms with Gasteiger partial charge in [-0.15, -0.1) is 0 Å². The van der Waals surface area contributed by atoms with E-state index in [2.05, 4.69) is 44.8 Å². The van der Waals surface area contributed by atoms with E-state index in [1.807, 2.05) is 11.8 Å². The summed E-state index contributed by atoms with van der Waals surface area (Å²) in [4.78, 5) is 65.3. The Morgan fingerprint density at radius 2 is 1.84 bits per heavy atom. The highest BCUT2D eigenvalue weighted by Gasteiger charge is 2.37. The number of benzene rings is 2. The minimum Gasteiger partial charge on any atom is -0.477 e. The minimum atomic E-state index is -1.09. The van der Waals surface area contributed by atoms with Gasteiger partial charge >= 0.3 is 0 Å². The number of guanidine groups is 1. The third-order valence-electron chi connectivity index (χ3n) is 12.5. The fourth-order valence-corrected chi connectivity index (χ4v) is 9.52. The molecule has 2 saturated heterocycles. The molecule has 4 aromatic rings. The number of imide groups is 1. The number of aryl methyl sites for hydroxylation is 2. The highest BCUT2D eigenvalue weighted by atomic mass is 19.1. The van der Waals surface area contributed by atoms with Crippen molar-refractivity contribution in [2.24, 2.45) is 23.4 Å². The van der Waals surface area contributed by atoms with Crippen molar-refractivity contribution >= 4 is 41.0 Å². The Kier molecular flexibility index (Phi) is 12.0. The van der Waals surface area contributed by atoms with E-state index in [0.717, 1.165) is 25.9 Å². The summed E-state index contributed by atoms with van der Waals surface area (Å²) in [5, 5.41) is 12.7. The zero-order valence-electron chi connectivity index (χ0n) is 35.8. The molecule has 6 heterocycles. The van der Waals surface area contributed by atoms with Crippen molar-refractivity contribution in [1.29, 1.82) is 0 Å². The highest BCUT2D eigenvalue weighted by Crippen LogP contribution is 2.39. The Labute approximate surface area is 359 Å². The first-order valence-electron chi connectivity index (χ1n) is 21.4. The highest BCUT2D eigenvalue weighted by molar-refractivity contribution is 6.19. The fraction of sp³-hybridized carbons (Fsp3) is 0.457. The summed E-state index contributed by atoms with van der Waals surface area (Å²) in [6.07, 6.45) is 5.99. The summed E-state index contributed by atoms with van der Waals surface area (Å²) >= 11 is 0. The Morgan fingerprint density at radius 1 is 1.05 bits per heavy atom. The summed E-state index contributed by atoms with van der Waals surface area (Å²) in [6, 6.07) is 11.2. The summed E-state index contributed by atoms with van der Waals surface area (Å²) < 4.78 is 40.1. The number of carbonyl (C=O) groups is 4. The van der Waals surface area contributed by atoms with Gasteiger partial charge in [-0.2, -0.15) is 10.1 Å². The first-order valence-corrected chi connectivity index (χ1v) is 21.4. The lowest BCUT2D eigenvalue weighted by Crippen LogP contribution is -2.48. The second kappa shape index (κ2) is 17.4. The number of hydrogen-bond acceptors (Lipinski definition) is 10. The number of carbonyl (C=O) groups excluding carboxylic acids is 4. The fourth-order valence-electron chi connectivity index (χ4n) is 9.52. The van der Waals surface area contributed by atoms with Gasteiger partial charge in [0.1, 0.15) is 11.6 Å². The normalized spacial score (nSPS) is 21.8. The molecule has 0 aliphatic carbocycles. The molecule has 4 aliphatic rings. The van der Waals surface area contributed by atoms with Crippen LogP contribution in [0, 0.1) is 29.9 Å². The molecular weight excluding hydrogens is 797 g/mol. The van der Waals surface area contributed by atoms with E-state index in [-0.39, 0.29) is 41.7 Å². The average Bonchev–Trinajstić information content (AvgIpc) is 3.76. The van der Waals surface area contributed by atoms with E-state index >= 15 is 8.78 Å². The monoisotopic (exact) mass is 849 g/mol. The number of pyridine rings is 1. The lowest BCUT2D eigenvalue weighted by Gasteiger charge is -2.43. The maximum Gasteiger partial charge on any atom is 0.280 e. The van der Waals surface area contributed by atoms with Crippen LogP contribution in [0.4, 0.5) is 20.2 Å². The Balaban J connectivity index is 1.18. The number of likely N-dealkylation sites (tertiary alicyclic amines) is 1. The van der Waals surface area contributed by atoms with Crippen molar-refractivity contribution < 1.29 is 32.7 Å². The number of amides is 4. The van der Waals surface area contributed by atoms with Crippen LogP contribution in [0.3, 0.4) is 0 Å². The van der Waals surface area contributed by atoms with Gasteiger partial charge in [-0.05, 0) is 118 Å². The van der Waals surface area contributed by atoms with Crippen LogP contribution in [0.1, 0.15) is 102 Å². The number of piperidine rings is 2. The summed E-state index contributed by atoms with van der Waals surface area (Å²) in [5.74, 6) is -3.84. The number of ether oxygens (including phenoxy) is 1. The van der Waals surface area contributed by atoms with Crippen molar-refractivity contribution in [3.63, 3.8) is 0 Å². The maximum atomic E-state index is 16.0. The molecule has 3 N–H and O–H groups in total. The van der Waals surface area contributed by atoms with Crippen LogP contribution in [-0.4, -0.2) is 88.6 Å². The van der Waals surface area contributed by atoms with Crippen molar-refractivity contribution in [1.82, 2.24) is 30.3 Å². The number of hydrogen-bond donors (Lipinski definition) is 3. The van der Waals surface area contributed by atoms with Gasteiger partial charge in [0.25, 0.3) is 11.8 Å². The summed E-state index contributed by atoms with van der Waals surface area (Å²) in [7, 11) is 3.37. The molecule has 2 aromatic carbocycles. The molecule has 4 amide bonds. The number of halogens is 2. The van der Waals surface area contributed by atoms with E-state index in [1.165, 1.54) is 12.1 Å². The first kappa shape index (κ1) is 42.7. The van der Waals surface area contributed by atoms with Gasteiger partial charge in [0.05, 0.1) is 41.4 Å². The molecular formula is C46H53F2N9O5. The van der Waals surface area contributed by atoms with Crippen molar-refractivity contribution in [2.45, 2.75) is 84.1 Å². The number of fused-ring (bicyclic) bond motifs is 7. The van der Waals surface area contributed by atoms with Gasteiger partial charge < -0.3 is 20.3 Å². The number of rotatable bonds is 7. The molecule has 4 aliphatic heterocycles. The van der Waals surface area contributed by atoms with Gasteiger partial charge in [0.2, 0.25) is 23.7 Å². The van der Waals surface area contributed by atoms with Crippen LogP contribution in [0.25, 0.3) is 11.3 Å². The predicted molar refractivity (Wildman–Crippen MR) is 230 cm³/mol. The van der Waals surface area contributed by atoms with Gasteiger partial charge in [-0.3, -0.25) is 34.4 Å².